The summed E-state index contributed by atoms with van der Waals surface area (Å²) in [5.74, 6) is 0.235. The lowest BCUT2D eigenvalue weighted by Gasteiger charge is -2.24. The van der Waals surface area contributed by atoms with Crippen molar-refractivity contribution in [3.63, 3.8) is 0 Å². The van der Waals surface area contributed by atoms with Crippen LogP contribution in [0.3, 0.4) is 0 Å². The third kappa shape index (κ3) is 4.95. The minimum absolute atomic E-state index is 0.0651. The van der Waals surface area contributed by atoms with Crippen molar-refractivity contribution in [1.29, 1.82) is 0 Å². The van der Waals surface area contributed by atoms with Gasteiger partial charge in [0.25, 0.3) is 0 Å². The van der Waals surface area contributed by atoms with Crippen molar-refractivity contribution in [2.75, 3.05) is 6.54 Å². The quantitative estimate of drug-likeness (QED) is 0.467. The Morgan fingerprint density at radius 3 is 2.82 bits per heavy atom. The van der Waals surface area contributed by atoms with E-state index in [0.717, 1.165) is 19.3 Å². The molecule has 2 atom stereocenters. The van der Waals surface area contributed by atoms with Crippen LogP contribution >= 0.6 is 0 Å². The van der Waals surface area contributed by atoms with Crippen LogP contribution in [0.4, 0.5) is 4.79 Å². The molecule has 1 aliphatic carbocycles. The molecule has 0 heterocycles. The molecule has 1 aliphatic rings. The van der Waals surface area contributed by atoms with Crippen molar-refractivity contribution in [3.05, 3.63) is 10.4 Å². The lowest BCUT2D eigenvalue weighted by molar-refractivity contribution is 0.0494. The maximum atomic E-state index is 11.6. The summed E-state index contributed by atoms with van der Waals surface area (Å²) in [6.45, 7) is 5.94. The van der Waals surface area contributed by atoms with Gasteiger partial charge in [-0.2, -0.15) is 0 Å². The summed E-state index contributed by atoms with van der Waals surface area (Å²) in [6, 6.07) is 0.0651. The Morgan fingerprint density at radius 2 is 2.24 bits per heavy atom. The van der Waals surface area contributed by atoms with Gasteiger partial charge in [-0.3, -0.25) is 0 Å². The van der Waals surface area contributed by atoms with Crippen LogP contribution in [0.5, 0.6) is 0 Å². The van der Waals surface area contributed by atoms with Crippen LogP contribution in [0.2, 0.25) is 0 Å². The number of hydrogen-bond donors (Lipinski definition) is 1. The summed E-state index contributed by atoms with van der Waals surface area (Å²) in [7, 11) is 0. The Labute approximate surface area is 101 Å². The first-order valence-corrected chi connectivity index (χ1v) is 5.93. The van der Waals surface area contributed by atoms with Crippen molar-refractivity contribution in [2.24, 2.45) is 11.0 Å². The molecular formula is C11H20N4O2. The van der Waals surface area contributed by atoms with Crippen LogP contribution in [0.1, 0.15) is 40.0 Å². The number of nitrogens with one attached hydrogen (secondary N) is 1. The molecule has 6 nitrogen and oxygen atoms in total. The molecule has 0 aromatic heterocycles. The Kier molecular flexibility index (Phi) is 4.63. The molecule has 0 bridgehead atoms. The van der Waals surface area contributed by atoms with Gasteiger partial charge < -0.3 is 10.1 Å². The van der Waals surface area contributed by atoms with Crippen LogP contribution in [0.25, 0.3) is 10.4 Å². The standard InChI is InChI=1S/C11H20N4O2/c1-11(2,3)17-10(16)14-9-6-4-5-8(9)7-13-15-12/h8-9H,4-7H2,1-3H3,(H,14,16). The van der Waals surface area contributed by atoms with Gasteiger partial charge in [0.05, 0.1) is 0 Å². The normalized spacial score (nSPS) is 23.9. The smallest absolute Gasteiger partial charge is 0.407 e. The fourth-order valence-electron chi connectivity index (χ4n) is 2.05. The highest BCUT2D eigenvalue weighted by atomic mass is 16.6. The third-order valence-electron chi connectivity index (χ3n) is 2.74. The number of hydrogen-bond acceptors (Lipinski definition) is 3. The summed E-state index contributed by atoms with van der Waals surface area (Å²) in [5.41, 5.74) is 7.81. The number of carbonyl (C=O) groups is 1. The minimum atomic E-state index is -0.483. The lowest BCUT2D eigenvalue weighted by atomic mass is 10.0. The fourth-order valence-corrected chi connectivity index (χ4v) is 2.05. The second-order valence-electron chi connectivity index (χ2n) is 5.36. The molecule has 1 rings (SSSR count). The van der Waals surface area contributed by atoms with Crippen LogP contribution < -0.4 is 5.32 Å². The van der Waals surface area contributed by atoms with E-state index in [-0.39, 0.29) is 12.0 Å². The average molecular weight is 240 g/mol. The van der Waals surface area contributed by atoms with Gasteiger partial charge in [0.2, 0.25) is 0 Å². The number of nitrogens with zero attached hydrogens (tertiary/aromatic N) is 3. The molecule has 2 unspecified atom stereocenters. The maximum Gasteiger partial charge on any atom is 0.407 e. The first-order valence-electron chi connectivity index (χ1n) is 5.93. The van der Waals surface area contributed by atoms with Gasteiger partial charge in [-0.1, -0.05) is 11.5 Å². The van der Waals surface area contributed by atoms with Gasteiger partial charge in [0.1, 0.15) is 5.60 Å². The Hall–Kier alpha value is -1.42. The zero-order valence-corrected chi connectivity index (χ0v) is 10.6. The van der Waals surface area contributed by atoms with Gasteiger partial charge in [-0.15, -0.1) is 0 Å². The molecule has 17 heavy (non-hydrogen) atoms. The topological polar surface area (TPSA) is 87.1 Å². The Balaban J connectivity index is 2.44. The SMILES string of the molecule is CC(C)(C)OC(=O)NC1CCCC1CN=[N+]=[N-]. The van der Waals surface area contributed by atoms with E-state index in [0.29, 0.717) is 6.54 Å². The molecule has 0 aromatic rings. The summed E-state index contributed by atoms with van der Waals surface area (Å²) in [5, 5.41) is 6.42. The van der Waals surface area contributed by atoms with Gasteiger partial charge in [0.15, 0.2) is 0 Å². The first kappa shape index (κ1) is 13.6. The van der Waals surface area contributed by atoms with Crippen molar-refractivity contribution in [2.45, 2.75) is 51.7 Å². The Morgan fingerprint density at radius 1 is 1.53 bits per heavy atom. The zero-order chi connectivity index (χ0) is 12.9. The van der Waals surface area contributed by atoms with E-state index in [2.05, 4.69) is 15.3 Å². The van der Waals surface area contributed by atoms with Crippen molar-refractivity contribution in [1.82, 2.24) is 5.32 Å². The minimum Gasteiger partial charge on any atom is -0.444 e. The average Bonchev–Trinajstić information content (AvgIpc) is 2.59. The highest BCUT2D eigenvalue weighted by Gasteiger charge is 2.29. The number of rotatable bonds is 3. The third-order valence-corrected chi connectivity index (χ3v) is 2.74. The summed E-state index contributed by atoms with van der Waals surface area (Å²) in [4.78, 5) is 14.4. The molecule has 0 radical (unpaired) electrons. The second-order valence-corrected chi connectivity index (χ2v) is 5.36. The molecule has 0 saturated heterocycles. The molecule has 1 saturated carbocycles. The maximum absolute atomic E-state index is 11.6. The highest BCUT2D eigenvalue weighted by molar-refractivity contribution is 5.68. The van der Waals surface area contributed by atoms with Crippen LogP contribution in [0, 0.1) is 5.92 Å². The van der Waals surface area contributed by atoms with E-state index < -0.39 is 11.7 Å². The predicted molar refractivity (Wildman–Crippen MR) is 64.5 cm³/mol. The molecule has 96 valence electrons. The number of ether oxygens (including phenoxy) is 1. The molecule has 0 spiro atoms. The van der Waals surface area contributed by atoms with Gasteiger partial charge >= 0.3 is 6.09 Å². The van der Waals surface area contributed by atoms with Crippen LogP contribution in [-0.2, 0) is 4.74 Å². The first-order chi connectivity index (χ1) is 7.92. The van der Waals surface area contributed by atoms with Crippen molar-refractivity contribution in [3.8, 4) is 0 Å². The molecule has 1 fully saturated rings. The zero-order valence-electron chi connectivity index (χ0n) is 10.6. The molecule has 1 amide bonds. The van der Waals surface area contributed by atoms with Crippen molar-refractivity contribution >= 4 is 6.09 Å². The van der Waals surface area contributed by atoms with Gasteiger partial charge in [0, 0.05) is 17.5 Å². The molecule has 6 heteroatoms. The lowest BCUT2D eigenvalue weighted by Crippen LogP contribution is -2.41. The van der Waals surface area contributed by atoms with E-state index in [1.54, 1.807) is 0 Å². The van der Waals surface area contributed by atoms with Gasteiger partial charge in [-0.05, 0) is 45.1 Å². The molecular weight excluding hydrogens is 220 g/mol. The van der Waals surface area contributed by atoms with Crippen LogP contribution in [0.15, 0.2) is 5.11 Å². The number of azide groups is 1. The van der Waals surface area contributed by atoms with Crippen molar-refractivity contribution < 1.29 is 9.53 Å². The summed E-state index contributed by atoms with van der Waals surface area (Å²) < 4.78 is 5.20. The Bertz CT molecular complexity index is 318. The van der Waals surface area contributed by atoms with E-state index in [9.17, 15) is 4.79 Å². The van der Waals surface area contributed by atoms with Crippen LogP contribution in [-0.4, -0.2) is 24.3 Å². The van der Waals surface area contributed by atoms with Gasteiger partial charge in [-0.25, -0.2) is 4.79 Å². The summed E-state index contributed by atoms with van der Waals surface area (Å²) >= 11 is 0. The summed E-state index contributed by atoms with van der Waals surface area (Å²) in [6.07, 6.45) is 2.56. The second kappa shape index (κ2) is 5.77. The molecule has 0 aromatic carbocycles. The number of amides is 1. The molecule has 1 N–H and O–H groups in total. The fraction of sp³-hybridized carbons (Fsp3) is 0.909. The molecule has 0 aliphatic heterocycles. The monoisotopic (exact) mass is 240 g/mol. The van der Waals surface area contributed by atoms with E-state index in [1.165, 1.54) is 0 Å². The predicted octanol–water partition coefficient (Wildman–Crippen LogP) is 2.99. The van der Waals surface area contributed by atoms with E-state index in [4.69, 9.17) is 10.3 Å². The van der Waals surface area contributed by atoms with E-state index in [1.807, 2.05) is 20.8 Å². The largest absolute Gasteiger partial charge is 0.444 e. The highest BCUT2D eigenvalue weighted by Crippen LogP contribution is 2.26. The van der Waals surface area contributed by atoms with E-state index >= 15 is 0 Å². The number of carbonyl (C=O) groups excluding carboxylic acids is 1. The number of alkyl carbamates (subject to hydrolysis) is 1.